The molecule has 1 aromatic carbocycles. The number of rotatable bonds is 9. The SMILES string of the molecule is CCN1CCN(C2=C(C(=O)OCc3ccc(OC)cc3)N3C(=O)C(NC(=O)CN(O)O)[C@@H]3SC2)CC1. The van der Waals surface area contributed by atoms with Gasteiger partial charge in [-0.1, -0.05) is 24.3 Å². The predicted molar refractivity (Wildman–Crippen MR) is 129 cm³/mol. The van der Waals surface area contributed by atoms with Crippen molar-refractivity contribution < 1.29 is 34.3 Å². The number of β-lactam (4-membered cyclic amide) rings is 1. The molecule has 0 aliphatic carbocycles. The molecule has 0 bridgehead atoms. The molecule has 2 amide bonds. The summed E-state index contributed by atoms with van der Waals surface area (Å²) in [6.45, 7) is 5.57. The van der Waals surface area contributed by atoms with Crippen LogP contribution in [0.4, 0.5) is 0 Å². The number of carbonyl (C=O) groups excluding carboxylic acids is 3. The first-order valence-corrected chi connectivity index (χ1v) is 12.8. The maximum Gasteiger partial charge on any atom is 0.357 e. The Balaban J connectivity index is 1.53. The Kier molecular flexibility index (Phi) is 8.36. The molecule has 12 nitrogen and oxygen atoms in total. The third-order valence-corrected chi connectivity index (χ3v) is 7.74. The van der Waals surface area contributed by atoms with Crippen LogP contribution in [0.1, 0.15) is 12.5 Å². The molecule has 0 spiro atoms. The van der Waals surface area contributed by atoms with E-state index >= 15 is 0 Å². The average molecular weight is 522 g/mol. The number of fused-ring (bicyclic) bond motifs is 1. The van der Waals surface area contributed by atoms with E-state index < -0.39 is 35.7 Å². The van der Waals surface area contributed by atoms with Crippen molar-refractivity contribution in [3.8, 4) is 5.75 Å². The minimum absolute atomic E-state index is 0.0338. The first-order valence-electron chi connectivity index (χ1n) is 11.7. The number of hydrogen-bond acceptors (Lipinski definition) is 11. The normalized spacial score (nSPS) is 22.3. The number of benzene rings is 1. The van der Waals surface area contributed by atoms with E-state index in [9.17, 15) is 14.4 Å². The molecule has 0 aromatic heterocycles. The Bertz CT molecular complexity index is 1010. The van der Waals surface area contributed by atoms with Gasteiger partial charge in [0.1, 0.15) is 30.3 Å². The number of likely N-dealkylation sites (N-methyl/N-ethyl adjacent to an activating group) is 1. The van der Waals surface area contributed by atoms with Crippen molar-refractivity contribution >= 4 is 29.5 Å². The molecule has 196 valence electrons. The summed E-state index contributed by atoms with van der Waals surface area (Å²) < 4.78 is 10.8. The van der Waals surface area contributed by atoms with Gasteiger partial charge in [0.15, 0.2) is 5.70 Å². The quantitative estimate of drug-likeness (QED) is 0.231. The van der Waals surface area contributed by atoms with Crippen LogP contribution in [0.3, 0.4) is 0 Å². The van der Waals surface area contributed by atoms with Crippen LogP contribution < -0.4 is 10.1 Å². The van der Waals surface area contributed by atoms with Gasteiger partial charge in [-0.25, -0.2) is 4.79 Å². The number of thioether (sulfide) groups is 1. The zero-order valence-electron chi connectivity index (χ0n) is 20.3. The first kappa shape index (κ1) is 26.2. The van der Waals surface area contributed by atoms with E-state index in [4.69, 9.17) is 19.9 Å². The van der Waals surface area contributed by atoms with E-state index in [2.05, 4.69) is 22.0 Å². The summed E-state index contributed by atoms with van der Waals surface area (Å²) in [5.74, 6) is -0.583. The molecule has 2 fully saturated rings. The van der Waals surface area contributed by atoms with E-state index in [1.807, 2.05) is 0 Å². The molecule has 3 aliphatic rings. The molecular weight excluding hydrogens is 490 g/mol. The van der Waals surface area contributed by atoms with Crippen LogP contribution in [0.25, 0.3) is 0 Å². The number of methoxy groups -OCH3 is 1. The molecule has 0 saturated carbocycles. The standard InChI is InChI=1S/C23H31N5O7S/c1-3-25-8-10-26(11-9-25)17-14-36-22-19(24-18(29)12-27(32)33)21(30)28(22)20(17)23(31)35-13-15-4-6-16(34-2)7-5-15/h4-7,19,22,32-33H,3,8-14H2,1-2H3,(H,24,29)/t19?,22-/m0/s1. The van der Waals surface area contributed by atoms with Crippen LogP contribution in [-0.4, -0.2) is 112 Å². The van der Waals surface area contributed by atoms with Crippen molar-refractivity contribution in [1.29, 1.82) is 0 Å². The molecule has 3 N–H and O–H groups in total. The topological polar surface area (TPSA) is 135 Å². The zero-order valence-corrected chi connectivity index (χ0v) is 21.1. The number of hydrogen-bond donors (Lipinski definition) is 3. The Morgan fingerprint density at radius 1 is 1.17 bits per heavy atom. The summed E-state index contributed by atoms with van der Waals surface area (Å²) in [5, 5.41) is 19.5. The summed E-state index contributed by atoms with van der Waals surface area (Å²) in [4.78, 5) is 44.3. The minimum atomic E-state index is -0.870. The highest BCUT2D eigenvalue weighted by Gasteiger charge is 2.55. The highest BCUT2D eigenvalue weighted by molar-refractivity contribution is 8.00. The zero-order chi connectivity index (χ0) is 25.8. The minimum Gasteiger partial charge on any atom is -0.497 e. The molecule has 2 atom stereocenters. The molecule has 0 radical (unpaired) electrons. The first-order chi connectivity index (χ1) is 17.3. The number of nitrogens with one attached hydrogen (secondary N) is 1. The van der Waals surface area contributed by atoms with Gasteiger partial charge in [-0.2, -0.15) is 0 Å². The molecule has 36 heavy (non-hydrogen) atoms. The molecule has 13 heteroatoms. The highest BCUT2D eigenvalue weighted by Crippen LogP contribution is 2.41. The fraction of sp³-hybridized carbons (Fsp3) is 0.522. The molecular formula is C23H31N5O7S. The summed E-state index contributed by atoms with van der Waals surface area (Å²) >= 11 is 1.45. The lowest BCUT2D eigenvalue weighted by Gasteiger charge is -2.51. The molecule has 3 heterocycles. The van der Waals surface area contributed by atoms with Crippen molar-refractivity contribution in [3.05, 3.63) is 41.2 Å². The number of amides is 2. The van der Waals surface area contributed by atoms with Crippen molar-refractivity contribution in [3.63, 3.8) is 0 Å². The van der Waals surface area contributed by atoms with Crippen LogP contribution in [0, 0.1) is 0 Å². The number of hydroxylamine groups is 2. The molecule has 3 aliphatic heterocycles. The van der Waals surface area contributed by atoms with E-state index in [1.54, 1.807) is 31.4 Å². The van der Waals surface area contributed by atoms with E-state index in [1.165, 1.54) is 16.7 Å². The predicted octanol–water partition coefficient (Wildman–Crippen LogP) is 0.0678. The smallest absolute Gasteiger partial charge is 0.357 e. The van der Waals surface area contributed by atoms with Gasteiger partial charge in [-0.15, -0.1) is 11.8 Å². The van der Waals surface area contributed by atoms with Gasteiger partial charge in [0.2, 0.25) is 5.91 Å². The fourth-order valence-corrected chi connectivity index (χ4v) is 5.84. The van der Waals surface area contributed by atoms with Crippen LogP contribution in [0.2, 0.25) is 0 Å². The fourth-order valence-electron chi connectivity index (χ4n) is 4.45. The summed E-state index contributed by atoms with van der Waals surface area (Å²) in [7, 11) is 1.57. The third kappa shape index (κ3) is 5.60. The molecule has 1 unspecified atom stereocenters. The maximum atomic E-state index is 13.4. The van der Waals surface area contributed by atoms with Gasteiger partial charge in [-0.05, 0) is 24.2 Å². The molecule has 2 saturated heterocycles. The molecule has 4 rings (SSSR count). The monoisotopic (exact) mass is 521 g/mol. The average Bonchev–Trinajstić information content (AvgIpc) is 2.89. The lowest BCUT2D eigenvalue weighted by Crippen LogP contribution is -2.71. The van der Waals surface area contributed by atoms with Crippen molar-refractivity contribution in [2.45, 2.75) is 24.9 Å². The number of piperazine rings is 1. The van der Waals surface area contributed by atoms with Gasteiger partial charge in [0, 0.05) is 31.9 Å². The number of esters is 1. The summed E-state index contributed by atoms with van der Waals surface area (Å²) in [6, 6.07) is 6.29. The maximum absolute atomic E-state index is 13.4. The highest BCUT2D eigenvalue weighted by atomic mass is 32.2. The van der Waals surface area contributed by atoms with Crippen molar-refractivity contribution in [2.75, 3.05) is 52.1 Å². The lowest BCUT2D eigenvalue weighted by atomic mass is 10.0. The number of carbonyl (C=O) groups is 3. The Morgan fingerprint density at radius 3 is 2.47 bits per heavy atom. The van der Waals surface area contributed by atoms with Crippen LogP contribution in [-0.2, 0) is 25.7 Å². The van der Waals surface area contributed by atoms with Crippen LogP contribution in [0.15, 0.2) is 35.7 Å². The van der Waals surface area contributed by atoms with E-state index in [0.717, 1.165) is 44.0 Å². The van der Waals surface area contributed by atoms with Crippen LogP contribution >= 0.6 is 11.8 Å². The van der Waals surface area contributed by atoms with E-state index in [-0.39, 0.29) is 17.5 Å². The van der Waals surface area contributed by atoms with E-state index in [0.29, 0.717) is 11.5 Å². The molecule has 1 aromatic rings. The van der Waals surface area contributed by atoms with Gasteiger partial charge >= 0.3 is 5.97 Å². The number of ether oxygens (including phenoxy) is 2. The Labute approximate surface area is 213 Å². The largest absolute Gasteiger partial charge is 0.497 e. The second kappa shape index (κ2) is 11.5. The summed E-state index contributed by atoms with van der Waals surface area (Å²) in [5.41, 5.74) is 1.74. The van der Waals surface area contributed by atoms with Crippen LogP contribution in [0.5, 0.6) is 5.75 Å². The summed E-state index contributed by atoms with van der Waals surface area (Å²) in [6.07, 6.45) is 0. The Hall–Kier alpha value is -2.84. The van der Waals surface area contributed by atoms with Gasteiger partial charge < -0.3 is 24.6 Å². The van der Waals surface area contributed by atoms with Crippen molar-refractivity contribution in [1.82, 2.24) is 25.2 Å². The third-order valence-electron chi connectivity index (χ3n) is 6.47. The van der Waals surface area contributed by atoms with Crippen molar-refractivity contribution in [2.24, 2.45) is 0 Å². The van der Waals surface area contributed by atoms with Gasteiger partial charge in [-0.3, -0.25) is 24.9 Å². The second-order valence-corrected chi connectivity index (χ2v) is 9.73. The second-order valence-electron chi connectivity index (χ2n) is 8.63. The van der Waals surface area contributed by atoms with Gasteiger partial charge in [0.05, 0.1) is 12.8 Å². The number of nitrogens with zero attached hydrogens (tertiary/aromatic N) is 4. The van der Waals surface area contributed by atoms with Gasteiger partial charge in [0.25, 0.3) is 5.91 Å². The lowest BCUT2D eigenvalue weighted by molar-refractivity contribution is -0.301. The Morgan fingerprint density at radius 2 is 1.86 bits per heavy atom.